The highest BCUT2D eigenvalue weighted by Gasteiger charge is 2.34. The summed E-state index contributed by atoms with van der Waals surface area (Å²) in [6, 6.07) is 15.9. The normalized spacial score (nSPS) is 12.0. The van der Waals surface area contributed by atoms with Crippen LogP contribution in [0, 0.1) is 13.8 Å². The smallest absolute Gasteiger partial charge is 0.416 e. The van der Waals surface area contributed by atoms with Crippen LogP contribution in [0.3, 0.4) is 0 Å². The van der Waals surface area contributed by atoms with Crippen LogP contribution < -0.4 is 10.1 Å². The predicted molar refractivity (Wildman–Crippen MR) is 133 cm³/mol. The number of fused-ring (bicyclic) bond motifs is 1. The van der Waals surface area contributed by atoms with Gasteiger partial charge in [-0.25, -0.2) is 0 Å². The number of nitrogens with zero attached hydrogens (tertiary/aromatic N) is 1. The van der Waals surface area contributed by atoms with Crippen LogP contribution in [0.1, 0.15) is 27.8 Å². The minimum Gasteiger partial charge on any atom is -0.455 e. The maximum atomic E-state index is 15.1. The van der Waals surface area contributed by atoms with Gasteiger partial charge in [-0.3, -0.25) is 4.98 Å². The Morgan fingerprint density at radius 3 is 2.42 bits per heavy atom. The molecule has 0 amide bonds. The molecule has 1 N–H and O–H groups in total. The van der Waals surface area contributed by atoms with E-state index in [4.69, 9.17) is 17.0 Å². The van der Waals surface area contributed by atoms with Crippen molar-refractivity contribution < 1.29 is 26.7 Å². The van der Waals surface area contributed by atoms with Gasteiger partial charge in [0.05, 0.1) is 29.4 Å². The van der Waals surface area contributed by atoms with Gasteiger partial charge < -0.3 is 10.1 Å². The first kappa shape index (κ1) is 25.5. The molecule has 36 heavy (non-hydrogen) atoms. The Hall–Kier alpha value is -3.59. The Morgan fingerprint density at radius 2 is 1.69 bits per heavy atom. The molecule has 0 saturated carbocycles. The number of hydrogen-bond donors (Lipinski definition) is 1. The van der Waals surface area contributed by atoms with Crippen LogP contribution in [0.5, 0.6) is 11.5 Å². The number of pyridine rings is 1. The molecule has 186 valence electrons. The monoisotopic (exact) mass is 516 g/mol. The fraction of sp³-hybridized carbons (Fsp3) is 0.185. The molecule has 4 rings (SSSR count). The van der Waals surface area contributed by atoms with Crippen molar-refractivity contribution in [1.82, 2.24) is 10.3 Å². The molecule has 0 radical (unpaired) electrons. The summed E-state index contributed by atoms with van der Waals surface area (Å²) in [5.74, 6) is -3.28. The van der Waals surface area contributed by atoms with Gasteiger partial charge in [-0.05, 0) is 43.7 Å². The Morgan fingerprint density at radius 1 is 0.944 bits per heavy atom. The lowest BCUT2D eigenvalue weighted by molar-refractivity contribution is -0.137. The van der Waals surface area contributed by atoms with Gasteiger partial charge in [0.15, 0.2) is 5.75 Å². The van der Waals surface area contributed by atoms with E-state index in [-0.39, 0.29) is 27.6 Å². The average Bonchev–Trinajstić information content (AvgIpc) is 2.82. The summed E-state index contributed by atoms with van der Waals surface area (Å²) < 4.78 is 75.4. The summed E-state index contributed by atoms with van der Waals surface area (Å²) in [6.07, 6.45) is -3.24. The highest BCUT2D eigenvalue weighted by atomic mass is 32.1. The lowest BCUT2D eigenvalue weighted by Crippen LogP contribution is -2.35. The van der Waals surface area contributed by atoms with E-state index >= 15 is 8.78 Å². The Bertz CT molecular complexity index is 1440. The van der Waals surface area contributed by atoms with Crippen molar-refractivity contribution in [3.63, 3.8) is 0 Å². The van der Waals surface area contributed by atoms with Crippen molar-refractivity contribution in [1.29, 1.82) is 0 Å². The predicted octanol–water partition coefficient (Wildman–Crippen LogP) is 7.72. The minimum absolute atomic E-state index is 0.0417. The molecule has 0 atom stereocenters. The van der Waals surface area contributed by atoms with E-state index in [0.717, 1.165) is 17.7 Å². The van der Waals surface area contributed by atoms with E-state index in [1.165, 1.54) is 24.4 Å². The largest absolute Gasteiger partial charge is 0.455 e. The number of ether oxygens (including phenoxy) is 1. The van der Waals surface area contributed by atoms with Gasteiger partial charge in [-0.1, -0.05) is 60.2 Å². The summed E-state index contributed by atoms with van der Waals surface area (Å²) in [6.45, 7) is 2.66. The van der Waals surface area contributed by atoms with E-state index < -0.39 is 24.2 Å². The second kappa shape index (κ2) is 9.81. The average molecular weight is 517 g/mol. The van der Waals surface area contributed by atoms with E-state index in [1.807, 2.05) is 6.92 Å². The molecule has 0 bridgehead atoms. The highest BCUT2D eigenvalue weighted by molar-refractivity contribution is 7.80. The molecular formula is C27H21F5N2OS. The van der Waals surface area contributed by atoms with Gasteiger partial charge in [0.2, 0.25) is 0 Å². The number of nitrogens with one attached hydrogen (secondary N) is 1. The Balaban J connectivity index is 1.67. The molecule has 3 nitrogen and oxygen atoms in total. The van der Waals surface area contributed by atoms with Gasteiger partial charge in [-0.15, -0.1) is 0 Å². The topological polar surface area (TPSA) is 34.1 Å². The van der Waals surface area contributed by atoms with Gasteiger partial charge >= 0.3 is 6.18 Å². The maximum Gasteiger partial charge on any atom is 0.416 e. The first-order valence-electron chi connectivity index (χ1n) is 10.9. The second-order valence-electron chi connectivity index (χ2n) is 8.35. The maximum absolute atomic E-state index is 15.1. The van der Waals surface area contributed by atoms with Crippen LogP contribution in [-0.4, -0.2) is 16.5 Å². The SMILES string of the molecule is Cc1ccc(C(F)(F)CNC(=S)c2c(Oc3cccc(C(F)(F)F)c3)cnc3ccccc23)c(C)c1. The van der Waals surface area contributed by atoms with Crippen LogP contribution in [0.25, 0.3) is 10.9 Å². The van der Waals surface area contributed by atoms with Gasteiger partial charge in [-0.2, -0.15) is 22.0 Å². The van der Waals surface area contributed by atoms with Gasteiger partial charge in [0.25, 0.3) is 5.92 Å². The van der Waals surface area contributed by atoms with Crippen molar-refractivity contribution in [3.05, 3.63) is 101 Å². The van der Waals surface area contributed by atoms with E-state index in [2.05, 4.69) is 10.3 Å². The number of thiocarbonyl (C=S) groups is 1. The lowest BCUT2D eigenvalue weighted by atomic mass is 10.00. The van der Waals surface area contributed by atoms with Crippen molar-refractivity contribution in [3.8, 4) is 11.5 Å². The Kier molecular flexibility index (Phi) is 6.95. The molecule has 0 aliphatic heterocycles. The van der Waals surface area contributed by atoms with Crippen molar-refractivity contribution >= 4 is 28.1 Å². The Labute approximate surface area is 209 Å². The molecule has 0 fully saturated rings. The summed E-state index contributed by atoms with van der Waals surface area (Å²) in [4.78, 5) is 4.24. The molecule has 3 aromatic carbocycles. The third kappa shape index (κ3) is 5.46. The van der Waals surface area contributed by atoms with Crippen molar-refractivity contribution in [2.24, 2.45) is 0 Å². The molecular weight excluding hydrogens is 495 g/mol. The fourth-order valence-electron chi connectivity index (χ4n) is 3.90. The highest BCUT2D eigenvalue weighted by Crippen LogP contribution is 2.35. The molecule has 0 saturated heterocycles. The third-order valence-corrected chi connectivity index (χ3v) is 5.95. The zero-order valence-corrected chi connectivity index (χ0v) is 20.1. The molecule has 9 heteroatoms. The van der Waals surface area contributed by atoms with E-state index in [1.54, 1.807) is 43.3 Å². The van der Waals surface area contributed by atoms with Crippen LogP contribution in [0.15, 0.2) is 72.9 Å². The molecule has 0 aliphatic rings. The van der Waals surface area contributed by atoms with Gasteiger partial charge in [0.1, 0.15) is 10.7 Å². The number of aromatic nitrogens is 1. The van der Waals surface area contributed by atoms with Crippen LogP contribution in [0.4, 0.5) is 22.0 Å². The van der Waals surface area contributed by atoms with Crippen LogP contribution >= 0.6 is 12.2 Å². The number of halogens is 5. The summed E-state index contributed by atoms with van der Waals surface area (Å²) in [5, 5.41) is 3.14. The van der Waals surface area contributed by atoms with Gasteiger partial charge in [0, 0.05) is 10.9 Å². The number of alkyl halides is 5. The van der Waals surface area contributed by atoms with E-state index in [0.29, 0.717) is 16.5 Å². The second-order valence-corrected chi connectivity index (χ2v) is 8.76. The van der Waals surface area contributed by atoms with Crippen LogP contribution in [0.2, 0.25) is 0 Å². The van der Waals surface area contributed by atoms with Crippen molar-refractivity contribution in [2.45, 2.75) is 25.9 Å². The first-order chi connectivity index (χ1) is 17.0. The number of benzene rings is 3. The molecule has 1 aromatic heterocycles. The number of para-hydroxylation sites is 1. The summed E-state index contributed by atoms with van der Waals surface area (Å²) in [7, 11) is 0. The molecule has 0 spiro atoms. The molecule has 1 heterocycles. The number of aryl methyl sites for hydroxylation is 2. The quantitative estimate of drug-likeness (QED) is 0.210. The lowest BCUT2D eigenvalue weighted by Gasteiger charge is -2.22. The van der Waals surface area contributed by atoms with Crippen LogP contribution in [-0.2, 0) is 12.1 Å². The third-order valence-electron chi connectivity index (χ3n) is 5.60. The van der Waals surface area contributed by atoms with Crippen molar-refractivity contribution in [2.75, 3.05) is 6.54 Å². The molecule has 0 unspecified atom stereocenters. The minimum atomic E-state index is -4.56. The molecule has 0 aliphatic carbocycles. The first-order valence-corrected chi connectivity index (χ1v) is 11.3. The summed E-state index contributed by atoms with van der Waals surface area (Å²) >= 11 is 5.48. The summed E-state index contributed by atoms with van der Waals surface area (Å²) in [5.41, 5.74) is 1.09. The zero-order valence-electron chi connectivity index (χ0n) is 19.3. The standard InChI is InChI=1S/C27H21F5N2OS/c1-16-10-11-21(17(2)12-16)26(28,29)15-34-25(36)24-20-8-3-4-9-22(20)33-14-23(24)35-19-7-5-6-18(13-19)27(30,31)32/h3-14H,15H2,1-2H3,(H,34,36). The zero-order chi connectivity index (χ0) is 26.1. The number of rotatable bonds is 6. The fourth-order valence-corrected chi connectivity index (χ4v) is 4.18. The van der Waals surface area contributed by atoms with E-state index in [9.17, 15) is 13.2 Å². The molecule has 4 aromatic rings. The number of hydrogen-bond acceptors (Lipinski definition) is 3.